The van der Waals surface area contributed by atoms with Crippen molar-refractivity contribution in [3.05, 3.63) is 23.9 Å². The predicted octanol–water partition coefficient (Wildman–Crippen LogP) is 0.225. The summed E-state index contributed by atoms with van der Waals surface area (Å²) in [5, 5.41) is 26.9. The third kappa shape index (κ3) is 3.86. The monoisotopic (exact) mass is 229 g/mol. The van der Waals surface area contributed by atoms with Crippen LogP contribution in [0.5, 0.6) is 0 Å². The minimum Gasteiger partial charge on any atom is -0.478 e. The molecule has 0 aliphatic rings. The minimum absolute atomic E-state index is 0.127. The van der Waals surface area contributed by atoms with E-state index in [1.165, 1.54) is 24.0 Å². The highest BCUT2D eigenvalue weighted by atomic mass is 32.2. The second kappa shape index (κ2) is 5.69. The van der Waals surface area contributed by atoms with Crippen molar-refractivity contribution in [1.82, 2.24) is 4.98 Å². The van der Waals surface area contributed by atoms with Crippen LogP contribution in [-0.2, 0) is 0 Å². The molecule has 3 N–H and O–H groups in total. The first-order valence-electron chi connectivity index (χ1n) is 4.24. The van der Waals surface area contributed by atoms with Crippen LogP contribution in [0.2, 0.25) is 0 Å². The van der Waals surface area contributed by atoms with Crippen molar-refractivity contribution >= 4 is 17.7 Å². The van der Waals surface area contributed by atoms with Crippen LogP contribution in [0.3, 0.4) is 0 Å². The fourth-order valence-corrected chi connectivity index (χ4v) is 1.59. The van der Waals surface area contributed by atoms with Gasteiger partial charge in [-0.1, -0.05) is 0 Å². The second-order valence-corrected chi connectivity index (χ2v) is 3.88. The fourth-order valence-electron chi connectivity index (χ4n) is 0.826. The number of pyridine rings is 1. The molecule has 1 unspecified atom stereocenters. The number of hydrogen-bond acceptors (Lipinski definition) is 5. The molecule has 1 atom stereocenters. The van der Waals surface area contributed by atoms with Crippen molar-refractivity contribution in [2.45, 2.75) is 11.1 Å². The molecule has 6 heteroatoms. The normalized spacial score (nSPS) is 12.4. The molecule has 0 fully saturated rings. The van der Waals surface area contributed by atoms with E-state index < -0.39 is 12.1 Å². The van der Waals surface area contributed by atoms with Crippen molar-refractivity contribution in [2.24, 2.45) is 0 Å². The number of hydrogen-bond donors (Lipinski definition) is 3. The maximum Gasteiger partial charge on any atom is 0.337 e. The van der Waals surface area contributed by atoms with Crippen molar-refractivity contribution < 1.29 is 20.1 Å². The Kier molecular flexibility index (Phi) is 4.54. The van der Waals surface area contributed by atoms with E-state index in [9.17, 15) is 4.79 Å². The third-order valence-electron chi connectivity index (χ3n) is 1.62. The van der Waals surface area contributed by atoms with E-state index in [1.807, 2.05) is 0 Å². The van der Waals surface area contributed by atoms with Crippen LogP contribution in [0.25, 0.3) is 0 Å². The van der Waals surface area contributed by atoms with Crippen LogP contribution < -0.4 is 0 Å². The number of aliphatic hydroxyl groups excluding tert-OH is 2. The molecule has 1 aromatic heterocycles. The Morgan fingerprint density at radius 3 is 2.73 bits per heavy atom. The van der Waals surface area contributed by atoms with Gasteiger partial charge in [0.05, 0.1) is 23.3 Å². The summed E-state index contributed by atoms with van der Waals surface area (Å²) in [5.74, 6) is -0.690. The number of aliphatic hydroxyl groups is 2. The van der Waals surface area contributed by atoms with Crippen molar-refractivity contribution in [3.63, 3.8) is 0 Å². The zero-order chi connectivity index (χ0) is 11.3. The lowest BCUT2D eigenvalue weighted by Gasteiger charge is -2.05. The molecule has 1 rings (SSSR count). The molecular formula is C9H11NO4S. The van der Waals surface area contributed by atoms with Crippen molar-refractivity contribution in [2.75, 3.05) is 12.4 Å². The molecule has 0 radical (unpaired) electrons. The number of nitrogens with zero attached hydrogens (tertiary/aromatic N) is 1. The van der Waals surface area contributed by atoms with Crippen LogP contribution in [0.4, 0.5) is 0 Å². The Morgan fingerprint density at radius 1 is 1.53 bits per heavy atom. The Bertz CT molecular complexity index is 327. The minimum atomic E-state index is -1.02. The van der Waals surface area contributed by atoms with Gasteiger partial charge in [-0.25, -0.2) is 9.78 Å². The number of carbonyl (C=O) groups is 1. The molecule has 0 amide bonds. The zero-order valence-corrected chi connectivity index (χ0v) is 8.65. The average molecular weight is 229 g/mol. The van der Waals surface area contributed by atoms with E-state index in [0.29, 0.717) is 10.8 Å². The topological polar surface area (TPSA) is 90.7 Å². The van der Waals surface area contributed by atoms with Gasteiger partial charge in [0.25, 0.3) is 0 Å². The first kappa shape index (κ1) is 12.0. The molecular weight excluding hydrogens is 218 g/mol. The Labute approximate surface area is 90.8 Å². The Balaban J connectivity index is 2.53. The number of rotatable bonds is 5. The molecule has 1 heterocycles. The van der Waals surface area contributed by atoms with Gasteiger partial charge >= 0.3 is 5.97 Å². The Morgan fingerprint density at radius 2 is 2.27 bits per heavy atom. The van der Waals surface area contributed by atoms with Crippen molar-refractivity contribution in [1.29, 1.82) is 0 Å². The molecule has 82 valence electrons. The predicted molar refractivity (Wildman–Crippen MR) is 55.0 cm³/mol. The summed E-state index contributed by atoms with van der Waals surface area (Å²) in [4.78, 5) is 14.4. The van der Waals surface area contributed by atoms with Crippen LogP contribution in [0.15, 0.2) is 23.4 Å². The molecule has 0 aliphatic carbocycles. The van der Waals surface area contributed by atoms with Crippen LogP contribution in [-0.4, -0.2) is 44.7 Å². The first-order valence-corrected chi connectivity index (χ1v) is 5.23. The summed E-state index contributed by atoms with van der Waals surface area (Å²) in [7, 11) is 0. The van der Waals surface area contributed by atoms with Gasteiger partial charge in [0.15, 0.2) is 0 Å². The third-order valence-corrected chi connectivity index (χ3v) is 2.71. The smallest absolute Gasteiger partial charge is 0.337 e. The van der Waals surface area contributed by atoms with Gasteiger partial charge in [0, 0.05) is 11.9 Å². The molecule has 1 aromatic rings. The molecule has 0 saturated heterocycles. The summed E-state index contributed by atoms with van der Waals surface area (Å²) < 4.78 is 0. The molecule has 5 nitrogen and oxygen atoms in total. The highest BCUT2D eigenvalue weighted by Crippen LogP contribution is 2.16. The summed E-state index contributed by atoms with van der Waals surface area (Å²) >= 11 is 1.26. The Hall–Kier alpha value is -1.11. The SMILES string of the molecule is O=C(O)c1ccc(SCC(O)CO)nc1. The molecule has 15 heavy (non-hydrogen) atoms. The first-order chi connectivity index (χ1) is 7.13. The standard InChI is InChI=1S/C9H11NO4S/c11-4-7(12)5-15-8-2-1-6(3-10-8)9(13)14/h1-3,7,11-12H,4-5H2,(H,13,14). The van der Waals surface area contributed by atoms with E-state index in [-0.39, 0.29) is 12.2 Å². The van der Waals surface area contributed by atoms with Gasteiger partial charge in [-0.05, 0) is 12.1 Å². The summed E-state index contributed by atoms with van der Waals surface area (Å²) in [6.45, 7) is -0.291. The highest BCUT2D eigenvalue weighted by Gasteiger charge is 2.06. The summed E-state index contributed by atoms with van der Waals surface area (Å²) in [6, 6.07) is 3.02. The van der Waals surface area contributed by atoms with E-state index in [2.05, 4.69) is 4.98 Å². The molecule has 0 spiro atoms. The van der Waals surface area contributed by atoms with Crippen LogP contribution >= 0.6 is 11.8 Å². The van der Waals surface area contributed by atoms with Gasteiger partial charge in [-0.15, -0.1) is 11.8 Å². The van der Waals surface area contributed by atoms with Gasteiger partial charge < -0.3 is 15.3 Å². The lowest BCUT2D eigenvalue weighted by atomic mass is 10.3. The highest BCUT2D eigenvalue weighted by molar-refractivity contribution is 7.99. The van der Waals surface area contributed by atoms with Crippen LogP contribution in [0, 0.1) is 0 Å². The fraction of sp³-hybridized carbons (Fsp3) is 0.333. The maximum atomic E-state index is 10.5. The zero-order valence-electron chi connectivity index (χ0n) is 7.83. The van der Waals surface area contributed by atoms with Gasteiger partial charge in [0.2, 0.25) is 0 Å². The lowest BCUT2D eigenvalue weighted by Crippen LogP contribution is -2.14. The van der Waals surface area contributed by atoms with E-state index in [0.717, 1.165) is 0 Å². The second-order valence-electron chi connectivity index (χ2n) is 2.84. The quantitative estimate of drug-likeness (QED) is 0.626. The van der Waals surface area contributed by atoms with E-state index >= 15 is 0 Å². The summed E-state index contributed by atoms with van der Waals surface area (Å²) in [6.07, 6.45) is 0.478. The largest absolute Gasteiger partial charge is 0.478 e. The number of aromatic nitrogens is 1. The number of aromatic carboxylic acids is 1. The van der Waals surface area contributed by atoms with E-state index in [4.69, 9.17) is 15.3 Å². The molecule has 0 saturated carbocycles. The molecule has 0 aromatic carbocycles. The number of carboxylic acids is 1. The molecule has 0 bridgehead atoms. The lowest BCUT2D eigenvalue weighted by molar-refractivity contribution is 0.0696. The number of thioether (sulfide) groups is 1. The van der Waals surface area contributed by atoms with E-state index in [1.54, 1.807) is 6.07 Å². The molecule has 0 aliphatic heterocycles. The van der Waals surface area contributed by atoms with Crippen molar-refractivity contribution in [3.8, 4) is 0 Å². The average Bonchev–Trinajstić information content (AvgIpc) is 2.26. The number of carboxylic acid groups (broad SMARTS) is 1. The van der Waals surface area contributed by atoms with Crippen LogP contribution in [0.1, 0.15) is 10.4 Å². The summed E-state index contributed by atoms with van der Waals surface area (Å²) in [5.41, 5.74) is 0.127. The van der Waals surface area contributed by atoms with Gasteiger partial charge in [-0.2, -0.15) is 0 Å². The van der Waals surface area contributed by atoms with Gasteiger partial charge in [-0.3, -0.25) is 0 Å². The van der Waals surface area contributed by atoms with Gasteiger partial charge in [0.1, 0.15) is 0 Å². The maximum absolute atomic E-state index is 10.5.